The molecule has 0 fully saturated rings. The van der Waals surface area contributed by atoms with Gasteiger partial charge in [0.1, 0.15) is 11.4 Å². The van der Waals surface area contributed by atoms with Crippen molar-refractivity contribution in [2.24, 2.45) is 7.05 Å². The van der Waals surface area contributed by atoms with E-state index >= 15 is 4.79 Å². The molecule has 3 aromatic carbocycles. The van der Waals surface area contributed by atoms with Gasteiger partial charge in [0.25, 0.3) is 5.91 Å². The summed E-state index contributed by atoms with van der Waals surface area (Å²) in [5, 5.41) is 17.5. The number of halogens is 2. The Balaban J connectivity index is 1.39. The lowest BCUT2D eigenvalue weighted by Crippen LogP contribution is -2.48. The van der Waals surface area contributed by atoms with E-state index in [-0.39, 0.29) is 17.5 Å². The van der Waals surface area contributed by atoms with Gasteiger partial charge in [-0.3, -0.25) is 14.5 Å². The van der Waals surface area contributed by atoms with Gasteiger partial charge in [-0.25, -0.2) is 4.79 Å². The monoisotopic (exact) mass is 723 g/mol. The Hall–Kier alpha value is -4.86. The van der Waals surface area contributed by atoms with Crippen molar-refractivity contribution < 1.29 is 19.4 Å². The molecule has 0 saturated heterocycles. The van der Waals surface area contributed by atoms with Gasteiger partial charge in [-0.2, -0.15) is 5.10 Å². The van der Waals surface area contributed by atoms with Crippen LogP contribution in [0.3, 0.4) is 0 Å². The number of ether oxygens (including phenoxy) is 1. The third-order valence-corrected chi connectivity index (χ3v) is 11.1. The first kappa shape index (κ1) is 34.6. The van der Waals surface area contributed by atoms with Crippen molar-refractivity contribution in [1.82, 2.24) is 19.3 Å². The molecule has 4 heterocycles. The molecule has 3 aromatic heterocycles. The van der Waals surface area contributed by atoms with E-state index in [2.05, 4.69) is 16.5 Å². The standard InChI is InChI=1S/C40H39Cl2N5O4/c1-7-25-20-46-37-28(12-14-31(41)34(37)33-23(4)44-45(6)24(33)5)27(11-9-17-51-26-18-21(2)35(42)22(3)19-26)38(46)39(48)47(25)32-15-13-30(40(49)50)36-29(32)10-8-16-43-36/h8,10,12-16,18-19,25H,7,9,11,17,20H2,1-6H3,(H,49,50). The maximum absolute atomic E-state index is 15.1. The molecule has 6 aromatic rings. The third kappa shape index (κ3) is 5.72. The van der Waals surface area contributed by atoms with Crippen LogP contribution in [0.4, 0.5) is 5.69 Å². The summed E-state index contributed by atoms with van der Waals surface area (Å²) in [6, 6.07) is 14.5. The molecule has 0 saturated carbocycles. The molecular weight excluding hydrogens is 685 g/mol. The molecule has 262 valence electrons. The number of aromatic carboxylic acids is 1. The first-order chi connectivity index (χ1) is 24.4. The number of carboxylic acid groups (broad SMARTS) is 1. The number of carbonyl (C=O) groups excluding carboxylic acids is 1. The number of pyridine rings is 1. The summed E-state index contributed by atoms with van der Waals surface area (Å²) in [5.41, 5.74) is 9.08. The Labute approximate surface area is 306 Å². The van der Waals surface area contributed by atoms with Crippen LogP contribution in [0.15, 0.2) is 54.7 Å². The first-order valence-corrected chi connectivity index (χ1v) is 17.9. The first-order valence-electron chi connectivity index (χ1n) is 17.1. The average molecular weight is 725 g/mol. The van der Waals surface area contributed by atoms with Gasteiger partial charge in [-0.05, 0) is 106 Å². The molecule has 11 heteroatoms. The average Bonchev–Trinajstić information content (AvgIpc) is 3.55. The Bertz CT molecular complexity index is 2370. The van der Waals surface area contributed by atoms with Crippen molar-refractivity contribution >= 4 is 62.6 Å². The van der Waals surface area contributed by atoms with Crippen LogP contribution in [0.1, 0.15) is 68.7 Å². The lowest BCUT2D eigenvalue weighted by atomic mass is 9.98. The Kier molecular flexibility index (Phi) is 9.06. The molecule has 1 amide bonds. The van der Waals surface area contributed by atoms with Gasteiger partial charge in [0.15, 0.2) is 0 Å². The Morgan fingerprint density at radius 3 is 2.43 bits per heavy atom. The summed E-state index contributed by atoms with van der Waals surface area (Å²) in [6.07, 6.45) is 3.47. The molecule has 1 unspecified atom stereocenters. The molecule has 0 aliphatic carbocycles. The number of hydrogen-bond donors (Lipinski definition) is 1. The van der Waals surface area contributed by atoms with Crippen LogP contribution in [0.25, 0.3) is 32.9 Å². The summed E-state index contributed by atoms with van der Waals surface area (Å²) in [4.78, 5) is 33.5. The number of fused-ring (bicyclic) bond motifs is 4. The summed E-state index contributed by atoms with van der Waals surface area (Å²) in [6.45, 7) is 11.0. The smallest absolute Gasteiger partial charge is 0.337 e. The van der Waals surface area contributed by atoms with E-state index in [1.165, 1.54) is 0 Å². The number of nitrogens with zero attached hydrogens (tertiary/aromatic N) is 5. The molecule has 7 rings (SSSR count). The summed E-state index contributed by atoms with van der Waals surface area (Å²) in [5.74, 6) is -0.464. The van der Waals surface area contributed by atoms with Crippen molar-refractivity contribution in [3.05, 3.63) is 104 Å². The Morgan fingerprint density at radius 2 is 1.76 bits per heavy atom. The second kappa shape index (κ2) is 13.4. The van der Waals surface area contributed by atoms with E-state index < -0.39 is 5.97 Å². The predicted octanol–water partition coefficient (Wildman–Crippen LogP) is 9.28. The zero-order valence-corrected chi connectivity index (χ0v) is 31.0. The quantitative estimate of drug-likeness (QED) is 0.149. The second-order valence-corrected chi connectivity index (χ2v) is 14.1. The van der Waals surface area contributed by atoms with Gasteiger partial charge in [0.05, 0.1) is 45.6 Å². The van der Waals surface area contributed by atoms with Gasteiger partial charge in [-0.15, -0.1) is 0 Å². The fourth-order valence-electron chi connectivity index (χ4n) is 7.70. The number of aromatic nitrogens is 4. The van der Waals surface area contributed by atoms with Crippen LogP contribution in [-0.4, -0.2) is 49.0 Å². The van der Waals surface area contributed by atoms with Gasteiger partial charge < -0.3 is 19.3 Å². The largest absolute Gasteiger partial charge is 0.494 e. The number of amides is 1. The number of rotatable bonds is 9. The molecule has 1 aliphatic heterocycles. The highest BCUT2D eigenvalue weighted by Crippen LogP contribution is 2.45. The predicted molar refractivity (Wildman–Crippen MR) is 203 cm³/mol. The van der Waals surface area contributed by atoms with E-state index in [0.717, 1.165) is 60.9 Å². The lowest BCUT2D eigenvalue weighted by Gasteiger charge is -2.37. The van der Waals surface area contributed by atoms with E-state index in [4.69, 9.17) is 33.0 Å². The lowest BCUT2D eigenvalue weighted by molar-refractivity contribution is 0.0698. The van der Waals surface area contributed by atoms with Crippen molar-refractivity contribution in [1.29, 1.82) is 0 Å². The highest BCUT2D eigenvalue weighted by molar-refractivity contribution is 6.35. The minimum atomic E-state index is -1.07. The number of aryl methyl sites for hydroxylation is 5. The maximum atomic E-state index is 15.1. The molecule has 0 bridgehead atoms. The van der Waals surface area contributed by atoms with Crippen LogP contribution in [0, 0.1) is 27.7 Å². The summed E-state index contributed by atoms with van der Waals surface area (Å²) in [7, 11) is 1.92. The molecule has 0 radical (unpaired) electrons. The zero-order valence-electron chi connectivity index (χ0n) is 29.5. The van der Waals surface area contributed by atoms with Crippen LogP contribution in [0.5, 0.6) is 5.75 Å². The van der Waals surface area contributed by atoms with Crippen LogP contribution < -0.4 is 9.64 Å². The van der Waals surface area contributed by atoms with Gasteiger partial charge in [0, 0.05) is 52.4 Å². The van der Waals surface area contributed by atoms with Crippen LogP contribution in [0.2, 0.25) is 10.0 Å². The minimum absolute atomic E-state index is 0.0919. The highest BCUT2D eigenvalue weighted by atomic mass is 35.5. The van der Waals surface area contributed by atoms with E-state index in [1.54, 1.807) is 24.4 Å². The number of carbonyl (C=O) groups is 2. The Morgan fingerprint density at radius 1 is 1.02 bits per heavy atom. The highest BCUT2D eigenvalue weighted by Gasteiger charge is 2.39. The number of carboxylic acids is 1. The molecule has 1 aliphatic rings. The van der Waals surface area contributed by atoms with Gasteiger partial charge in [0.2, 0.25) is 0 Å². The van der Waals surface area contributed by atoms with Crippen molar-refractivity contribution in [3.8, 4) is 16.9 Å². The van der Waals surface area contributed by atoms with Crippen LogP contribution >= 0.6 is 23.2 Å². The minimum Gasteiger partial charge on any atom is -0.494 e. The molecular formula is C40H39Cl2N5O4. The number of hydrogen-bond acceptors (Lipinski definition) is 5. The van der Waals surface area contributed by atoms with E-state index in [9.17, 15) is 9.90 Å². The zero-order chi connectivity index (χ0) is 36.3. The molecule has 1 N–H and O–H groups in total. The SMILES string of the molecule is CCC1Cn2c(c(CCCOc3cc(C)c(Cl)c(C)c3)c3ccc(Cl)c(-c4c(C)nn(C)c4C)c32)C(=O)N1c1ccc(C(=O)O)c2ncccc12. The molecule has 9 nitrogen and oxygen atoms in total. The number of anilines is 1. The van der Waals surface area contributed by atoms with Crippen molar-refractivity contribution in [3.63, 3.8) is 0 Å². The number of benzene rings is 3. The molecule has 51 heavy (non-hydrogen) atoms. The van der Waals surface area contributed by atoms with Gasteiger partial charge in [-0.1, -0.05) is 36.2 Å². The maximum Gasteiger partial charge on any atom is 0.337 e. The third-order valence-electron chi connectivity index (χ3n) is 10.2. The topological polar surface area (TPSA) is 102 Å². The normalized spacial score (nSPS) is 14.5. The van der Waals surface area contributed by atoms with Crippen molar-refractivity contribution in [2.45, 2.75) is 66.5 Å². The summed E-state index contributed by atoms with van der Waals surface area (Å²) >= 11 is 13.5. The second-order valence-electron chi connectivity index (χ2n) is 13.3. The van der Waals surface area contributed by atoms with E-state index in [0.29, 0.717) is 59.7 Å². The van der Waals surface area contributed by atoms with Crippen LogP contribution in [-0.2, 0) is 20.0 Å². The van der Waals surface area contributed by atoms with Gasteiger partial charge >= 0.3 is 5.97 Å². The van der Waals surface area contributed by atoms with Crippen molar-refractivity contribution in [2.75, 3.05) is 11.5 Å². The molecule has 1 atom stereocenters. The molecule has 0 spiro atoms. The fraction of sp³-hybridized carbons (Fsp3) is 0.300. The summed E-state index contributed by atoms with van der Waals surface area (Å²) < 4.78 is 10.2. The van der Waals surface area contributed by atoms with E-state index in [1.807, 2.05) is 74.7 Å². The fourth-order valence-corrected chi connectivity index (χ4v) is 8.06.